The van der Waals surface area contributed by atoms with E-state index < -0.39 is 0 Å². The SMILES string of the molecule is CCOc1cc(C(=O)N(C)CC(=O)Nc2ccc(N3CCOCC3)cc2)ccc1OC. The molecule has 166 valence electrons. The fraction of sp³-hybridized carbons (Fsp3) is 0.391. The van der Waals surface area contributed by atoms with Gasteiger partial charge in [0.25, 0.3) is 5.91 Å². The van der Waals surface area contributed by atoms with Gasteiger partial charge >= 0.3 is 0 Å². The summed E-state index contributed by atoms with van der Waals surface area (Å²) >= 11 is 0. The zero-order chi connectivity index (χ0) is 22.2. The van der Waals surface area contributed by atoms with E-state index in [0.29, 0.717) is 29.4 Å². The summed E-state index contributed by atoms with van der Waals surface area (Å²) in [4.78, 5) is 28.8. The normalized spacial score (nSPS) is 13.5. The molecule has 0 unspecified atom stereocenters. The van der Waals surface area contributed by atoms with E-state index in [4.69, 9.17) is 14.2 Å². The summed E-state index contributed by atoms with van der Waals surface area (Å²) in [6.07, 6.45) is 0. The van der Waals surface area contributed by atoms with E-state index in [1.54, 1.807) is 32.4 Å². The number of nitrogens with one attached hydrogen (secondary N) is 1. The van der Waals surface area contributed by atoms with Crippen LogP contribution in [0.4, 0.5) is 11.4 Å². The van der Waals surface area contributed by atoms with Crippen LogP contribution in [0.1, 0.15) is 17.3 Å². The summed E-state index contributed by atoms with van der Waals surface area (Å²) in [5.74, 6) is 0.503. The Morgan fingerprint density at radius 3 is 2.45 bits per heavy atom. The van der Waals surface area contributed by atoms with Gasteiger partial charge in [-0.3, -0.25) is 9.59 Å². The van der Waals surface area contributed by atoms with Gasteiger partial charge in [-0.2, -0.15) is 0 Å². The molecule has 0 aromatic heterocycles. The predicted molar refractivity (Wildman–Crippen MR) is 119 cm³/mol. The molecule has 0 spiro atoms. The number of methoxy groups -OCH3 is 1. The van der Waals surface area contributed by atoms with Crippen molar-refractivity contribution in [3.8, 4) is 11.5 Å². The summed E-state index contributed by atoms with van der Waals surface area (Å²) in [7, 11) is 3.14. The van der Waals surface area contributed by atoms with E-state index in [1.165, 1.54) is 4.90 Å². The number of likely N-dealkylation sites (N-methyl/N-ethyl adjacent to an activating group) is 1. The second-order valence-electron chi connectivity index (χ2n) is 7.15. The minimum absolute atomic E-state index is 0.0694. The number of carbonyl (C=O) groups is 2. The molecule has 31 heavy (non-hydrogen) atoms. The van der Waals surface area contributed by atoms with Gasteiger partial charge in [0.2, 0.25) is 5.91 Å². The van der Waals surface area contributed by atoms with Crippen LogP contribution < -0.4 is 19.7 Å². The Morgan fingerprint density at radius 2 is 1.81 bits per heavy atom. The van der Waals surface area contributed by atoms with Crippen LogP contribution in [0.2, 0.25) is 0 Å². The van der Waals surface area contributed by atoms with Gasteiger partial charge < -0.3 is 29.3 Å². The zero-order valence-electron chi connectivity index (χ0n) is 18.2. The van der Waals surface area contributed by atoms with Crippen LogP contribution in [-0.2, 0) is 9.53 Å². The van der Waals surface area contributed by atoms with Crippen molar-refractivity contribution >= 4 is 23.2 Å². The Morgan fingerprint density at radius 1 is 1.10 bits per heavy atom. The third-order valence-corrected chi connectivity index (χ3v) is 4.97. The number of amides is 2. The highest BCUT2D eigenvalue weighted by Gasteiger charge is 2.18. The van der Waals surface area contributed by atoms with Crippen LogP contribution in [0, 0.1) is 0 Å². The largest absolute Gasteiger partial charge is 0.493 e. The molecule has 0 atom stereocenters. The number of nitrogens with zero attached hydrogens (tertiary/aromatic N) is 2. The molecule has 0 bridgehead atoms. The number of hydrogen-bond acceptors (Lipinski definition) is 6. The molecule has 1 aliphatic rings. The van der Waals surface area contributed by atoms with E-state index in [1.807, 2.05) is 31.2 Å². The number of anilines is 2. The lowest BCUT2D eigenvalue weighted by Gasteiger charge is -2.28. The second-order valence-corrected chi connectivity index (χ2v) is 7.15. The van der Waals surface area contributed by atoms with E-state index in [9.17, 15) is 9.59 Å². The second kappa shape index (κ2) is 10.7. The van der Waals surface area contributed by atoms with Gasteiger partial charge in [0, 0.05) is 37.1 Å². The van der Waals surface area contributed by atoms with Crippen molar-refractivity contribution in [3.63, 3.8) is 0 Å². The van der Waals surface area contributed by atoms with E-state index >= 15 is 0 Å². The number of ether oxygens (including phenoxy) is 3. The van der Waals surface area contributed by atoms with E-state index in [2.05, 4.69) is 10.2 Å². The average Bonchev–Trinajstić information content (AvgIpc) is 2.79. The Kier molecular flexibility index (Phi) is 7.72. The van der Waals surface area contributed by atoms with Gasteiger partial charge in [-0.1, -0.05) is 0 Å². The highest BCUT2D eigenvalue weighted by atomic mass is 16.5. The van der Waals surface area contributed by atoms with Crippen molar-refractivity contribution in [1.82, 2.24) is 4.90 Å². The van der Waals surface area contributed by atoms with Gasteiger partial charge in [-0.25, -0.2) is 0 Å². The molecule has 2 amide bonds. The molecular weight excluding hydrogens is 398 g/mol. The van der Waals surface area contributed by atoms with Crippen LogP contribution in [0.3, 0.4) is 0 Å². The predicted octanol–water partition coefficient (Wildman–Crippen LogP) is 2.64. The van der Waals surface area contributed by atoms with Gasteiger partial charge in [-0.15, -0.1) is 0 Å². The maximum absolute atomic E-state index is 12.7. The number of benzene rings is 2. The lowest BCUT2D eigenvalue weighted by atomic mass is 10.1. The molecule has 8 nitrogen and oxygen atoms in total. The van der Waals surface area contributed by atoms with Crippen molar-refractivity contribution in [2.45, 2.75) is 6.92 Å². The van der Waals surface area contributed by atoms with E-state index in [0.717, 1.165) is 32.0 Å². The van der Waals surface area contributed by atoms with Crippen molar-refractivity contribution in [1.29, 1.82) is 0 Å². The highest BCUT2D eigenvalue weighted by molar-refractivity contribution is 5.99. The summed E-state index contributed by atoms with van der Waals surface area (Å²) < 4.78 is 16.1. The van der Waals surface area contributed by atoms with Crippen LogP contribution >= 0.6 is 0 Å². The van der Waals surface area contributed by atoms with Crippen molar-refractivity contribution < 1.29 is 23.8 Å². The molecule has 1 saturated heterocycles. The topological polar surface area (TPSA) is 80.3 Å². The Balaban J connectivity index is 1.57. The molecule has 1 N–H and O–H groups in total. The average molecular weight is 428 g/mol. The Hall–Kier alpha value is -3.26. The molecule has 1 heterocycles. The van der Waals surface area contributed by atoms with E-state index in [-0.39, 0.29) is 18.4 Å². The van der Waals surface area contributed by atoms with Gasteiger partial charge in [0.1, 0.15) is 0 Å². The molecule has 3 rings (SSSR count). The van der Waals surface area contributed by atoms with Crippen LogP contribution in [0.15, 0.2) is 42.5 Å². The molecule has 2 aromatic rings. The van der Waals surface area contributed by atoms with Crippen LogP contribution in [-0.4, -0.2) is 70.3 Å². The summed E-state index contributed by atoms with van der Waals surface area (Å²) in [6, 6.07) is 12.6. The van der Waals surface area contributed by atoms with Crippen molar-refractivity contribution in [2.24, 2.45) is 0 Å². The van der Waals surface area contributed by atoms with Crippen molar-refractivity contribution in [2.75, 3.05) is 63.8 Å². The smallest absolute Gasteiger partial charge is 0.254 e. The van der Waals surface area contributed by atoms with Crippen LogP contribution in [0.5, 0.6) is 11.5 Å². The van der Waals surface area contributed by atoms with Gasteiger partial charge in [0.05, 0.1) is 33.5 Å². The molecule has 1 aliphatic heterocycles. The molecule has 0 saturated carbocycles. The first-order valence-electron chi connectivity index (χ1n) is 10.3. The first-order chi connectivity index (χ1) is 15.0. The number of carbonyl (C=O) groups excluding carboxylic acids is 2. The molecule has 2 aromatic carbocycles. The summed E-state index contributed by atoms with van der Waals surface area (Å²) in [6.45, 7) is 5.40. The molecule has 0 aliphatic carbocycles. The monoisotopic (exact) mass is 427 g/mol. The number of hydrogen-bond donors (Lipinski definition) is 1. The first-order valence-corrected chi connectivity index (χ1v) is 10.3. The summed E-state index contributed by atoms with van der Waals surface area (Å²) in [5, 5.41) is 2.84. The molecule has 0 radical (unpaired) electrons. The Bertz CT molecular complexity index is 895. The maximum atomic E-state index is 12.7. The standard InChI is InChI=1S/C23H29N3O5/c1-4-31-21-15-17(5-10-20(21)29-3)23(28)25(2)16-22(27)24-18-6-8-19(9-7-18)26-11-13-30-14-12-26/h5-10,15H,4,11-14,16H2,1-3H3,(H,24,27). The minimum atomic E-state index is -0.276. The maximum Gasteiger partial charge on any atom is 0.254 e. The Labute approximate surface area is 182 Å². The van der Waals surface area contributed by atoms with Crippen molar-refractivity contribution in [3.05, 3.63) is 48.0 Å². The first kappa shape index (κ1) is 22.4. The summed E-state index contributed by atoms with van der Waals surface area (Å²) in [5.41, 5.74) is 2.21. The quantitative estimate of drug-likeness (QED) is 0.698. The number of rotatable bonds is 8. The fourth-order valence-corrected chi connectivity index (χ4v) is 3.36. The third kappa shape index (κ3) is 5.88. The number of morpholine rings is 1. The van der Waals surface area contributed by atoms with Crippen LogP contribution in [0.25, 0.3) is 0 Å². The molecular formula is C23H29N3O5. The minimum Gasteiger partial charge on any atom is -0.493 e. The lowest BCUT2D eigenvalue weighted by Crippen LogP contribution is -2.36. The third-order valence-electron chi connectivity index (χ3n) is 4.97. The molecule has 1 fully saturated rings. The highest BCUT2D eigenvalue weighted by Crippen LogP contribution is 2.28. The van der Waals surface area contributed by atoms with Gasteiger partial charge in [0.15, 0.2) is 11.5 Å². The fourth-order valence-electron chi connectivity index (χ4n) is 3.36. The molecule has 8 heteroatoms. The zero-order valence-corrected chi connectivity index (χ0v) is 18.2. The lowest BCUT2D eigenvalue weighted by molar-refractivity contribution is -0.116. The van der Waals surface area contributed by atoms with Gasteiger partial charge in [-0.05, 0) is 49.4 Å².